The molecule has 0 saturated heterocycles. The second kappa shape index (κ2) is 80.3. The molecule has 0 amide bonds. The molecule has 0 atom stereocenters. The van der Waals surface area contributed by atoms with Gasteiger partial charge in [-0.2, -0.15) is 0 Å². The number of hydrogen-bond donors (Lipinski definition) is 12. The van der Waals surface area contributed by atoms with E-state index in [0.717, 1.165) is 25.7 Å². The zero-order valence-electron chi connectivity index (χ0n) is 27.5. The normalized spacial score (nSPS) is 9.07. The Morgan fingerprint density at radius 3 is 0.600 bits per heavy atom. The zero-order valence-corrected chi connectivity index (χ0v) is 32.2. The van der Waals surface area contributed by atoms with Crippen LogP contribution >= 0.6 is 0 Å². The summed E-state index contributed by atoms with van der Waals surface area (Å²) in [5, 5.41) is 98.1. The Morgan fingerprint density at radius 1 is 0.311 bits per heavy atom. The van der Waals surface area contributed by atoms with Crippen molar-refractivity contribution in [2.24, 2.45) is 0 Å². The molecular weight excluding hydrogens is 708 g/mol. The van der Waals surface area contributed by atoms with Gasteiger partial charge in [-0.1, -0.05) is 0 Å². The van der Waals surface area contributed by atoms with Gasteiger partial charge in [0, 0.05) is 118 Å². The molecule has 0 rings (SSSR count). The van der Waals surface area contributed by atoms with Crippen LogP contribution in [0.1, 0.15) is 25.7 Å². The first-order valence-corrected chi connectivity index (χ1v) is 14.1. The van der Waals surface area contributed by atoms with Crippen LogP contribution in [-0.2, 0) is 74.6 Å². The van der Waals surface area contributed by atoms with Gasteiger partial charge in [0.2, 0.25) is 0 Å². The quantitative estimate of drug-likeness (QED) is 0.0364. The maximum absolute atomic E-state index is 8.34. The third kappa shape index (κ3) is 114. The molecule has 0 aromatic heterocycles. The largest absolute Gasteiger partial charge is 0.396 e. The van der Waals surface area contributed by atoms with E-state index in [1.54, 1.807) is 0 Å². The van der Waals surface area contributed by atoms with Gasteiger partial charge in [0.15, 0.2) is 0 Å². The first kappa shape index (κ1) is 68.5. The molecule has 0 unspecified atom stereocenters. The van der Waals surface area contributed by atoms with Crippen LogP contribution in [0.3, 0.4) is 0 Å². The van der Waals surface area contributed by atoms with Gasteiger partial charge in [-0.25, -0.2) is 0 Å². The van der Waals surface area contributed by atoms with E-state index in [2.05, 4.69) is 9.47 Å². The summed E-state index contributed by atoms with van der Waals surface area (Å²) < 4.78 is 9.26. The summed E-state index contributed by atoms with van der Waals surface area (Å²) in [5.41, 5.74) is 0. The molecule has 0 aliphatic rings. The van der Waals surface area contributed by atoms with E-state index in [9.17, 15) is 0 Å². The van der Waals surface area contributed by atoms with Crippen molar-refractivity contribution in [2.45, 2.75) is 25.7 Å². The minimum absolute atomic E-state index is 0. The summed E-state index contributed by atoms with van der Waals surface area (Å²) in [6, 6.07) is 0. The van der Waals surface area contributed by atoms with Crippen molar-refractivity contribution in [3.8, 4) is 0 Å². The minimum atomic E-state index is 0. The summed E-state index contributed by atoms with van der Waals surface area (Å²) in [6.07, 6.45) is 2.88. The Kier molecular flexibility index (Phi) is 122. The Hall–Kier alpha value is 1.50. The summed E-state index contributed by atoms with van der Waals surface area (Å²) in [7, 11) is 3.71. The first-order valence-electron chi connectivity index (χ1n) is 14.1. The van der Waals surface area contributed by atoms with Crippen LogP contribution in [0, 0.1) is 0 Å². The molecule has 0 aliphatic heterocycles. The van der Waals surface area contributed by atoms with Gasteiger partial charge in [0.05, 0.1) is 79.3 Å². The second-order valence-corrected chi connectivity index (χ2v) is 7.93. The van der Waals surface area contributed by atoms with Gasteiger partial charge in [0.1, 0.15) is 0 Å². The SMILES string of the molecule is CN(CCO)CCO.CN(CCO)CCO.OCCCCO.OCCCCO.OCCOCCO.OCCOCCO.[Ti].[Ti].[Ti]. The standard InChI is InChI=1S/2C5H13NO2.2C4H10O3.2C4H10O2.3Ti/c2*1-6(2-4-7)3-5-8;2*5-1-3-7-4-2-6;2*5-3-1-2-4-6;;;/h2*7-8H,2-5H2,1H3;2*5-6H,1-4H2;2*5-6H,1-4H2;;;. The Labute approximate surface area is 315 Å². The first-order chi connectivity index (χ1) is 20.3. The molecular formula is C26H66N2O14Ti3. The van der Waals surface area contributed by atoms with Crippen molar-refractivity contribution in [3.05, 3.63) is 0 Å². The third-order valence-electron chi connectivity index (χ3n) is 4.00. The number of aliphatic hydroxyl groups is 12. The molecule has 0 spiro atoms. The fourth-order valence-corrected chi connectivity index (χ4v) is 1.82. The molecule has 0 bridgehead atoms. The fraction of sp³-hybridized carbons (Fsp3) is 1.00. The topological polar surface area (TPSA) is 268 Å². The molecule has 16 nitrogen and oxygen atoms in total. The predicted octanol–water partition coefficient (Wildman–Crippen LogP) is -4.72. The van der Waals surface area contributed by atoms with Crippen LogP contribution < -0.4 is 0 Å². The smallest absolute Gasteiger partial charge is 0.0698 e. The van der Waals surface area contributed by atoms with Crippen LogP contribution in [0.4, 0.5) is 0 Å². The van der Waals surface area contributed by atoms with E-state index in [0.29, 0.717) is 52.6 Å². The molecule has 0 aromatic rings. The molecule has 0 heterocycles. The van der Waals surface area contributed by atoms with E-state index in [4.69, 9.17) is 61.3 Å². The van der Waals surface area contributed by atoms with Crippen LogP contribution in [0.25, 0.3) is 0 Å². The number of likely N-dealkylation sites (N-methyl/N-ethyl adjacent to an activating group) is 2. The minimum Gasteiger partial charge on any atom is -0.396 e. The monoisotopic (exact) mass is 774 g/mol. The predicted molar refractivity (Wildman–Crippen MR) is 160 cm³/mol. The molecule has 276 valence electrons. The Balaban J connectivity index is -0.0000000489. The van der Waals surface area contributed by atoms with E-state index in [1.165, 1.54) is 0 Å². The van der Waals surface area contributed by atoms with Crippen molar-refractivity contribution in [1.82, 2.24) is 9.80 Å². The van der Waals surface area contributed by atoms with Crippen LogP contribution in [0.5, 0.6) is 0 Å². The average molecular weight is 774 g/mol. The van der Waals surface area contributed by atoms with E-state index in [1.807, 2.05) is 23.9 Å². The molecule has 0 fully saturated rings. The zero-order chi connectivity index (χ0) is 33.5. The van der Waals surface area contributed by atoms with Crippen molar-refractivity contribution >= 4 is 0 Å². The van der Waals surface area contributed by atoms with Crippen LogP contribution in [0.2, 0.25) is 0 Å². The maximum Gasteiger partial charge on any atom is 0.0698 e. The third-order valence-corrected chi connectivity index (χ3v) is 4.00. The van der Waals surface area contributed by atoms with Gasteiger partial charge in [-0.15, -0.1) is 0 Å². The molecule has 0 radical (unpaired) electrons. The summed E-state index contributed by atoms with van der Waals surface area (Å²) in [5.74, 6) is 0. The van der Waals surface area contributed by atoms with Crippen molar-refractivity contribution in [1.29, 1.82) is 0 Å². The van der Waals surface area contributed by atoms with E-state index >= 15 is 0 Å². The van der Waals surface area contributed by atoms with Gasteiger partial charge in [0.25, 0.3) is 0 Å². The number of aliphatic hydroxyl groups excluding tert-OH is 12. The van der Waals surface area contributed by atoms with Crippen LogP contribution in [0.15, 0.2) is 0 Å². The second-order valence-electron chi connectivity index (χ2n) is 7.93. The molecule has 19 heteroatoms. The molecule has 0 saturated carbocycles. The van der Waals surface area contributed by atoms with Crippen LogP contribution in [-0.4, -0.2) is 217 Å². The number of rotatable bonds is 22. The number of unbranched alkanes of at least 4 members (excludes halogenated alkanes) is 2. The Morgan fingerprint density at radius 2 is 0.489 bits per heavy atom. The summed E-state index contributed by atoms with van der Waals surface area (Å²) in [6.45, 7) is 5.38. The summed E-state index contributed by atoms with van der Waals surface area (Å²) >= 11 is 0. The number of ether oxygens (including phenoxy) is 2. The summed E-state index contributed by atoms with van der Waals surface area (Å²) in [4.78, 5) is 3.72. The van der Waals surface area contributed by atoms with Crippen molar-refractivity contribution < 1.29 is 136 Å². The molecule has 0 aliphatic carbocycles. The average Bonchev–Trinajstić information content (AvgIpc) is 2.98. The number of nitrogens with zero attached hydrogens (tertiary/aromatic N) is 2. The van der Waals surface area contributed by atoms with Gasteiger partial charge in [-0.05, 0) is 39.8 Å². The van der Waals surface area contributed by atoms with E-state index in [-0.39, 0.29) is 144 Å². The van der Waals surface area contributed by atoms with Crippen molar-refractivity contribution in [2.75, 3.05) is 146 Å². The molecule has 45 heavy (non-hydrogen) atoms. The Bertz CT molecular complexity index is 325. The fourth-order valence-electron chi connectivity index (χ4n) is 1.82. The van der Waals surface area contributed by atoms with Crippen molar-refractivity contribution in [3.63, 3.8) is 0 Å². The van der Waals surface area contributed by atoms with Gasteiger partial charge in [-0.3, -0.25) is 0 Å². The van der Waals surface area contributed by atoms with E-state index < -0.39 is 0 Å². The van der Waals surface area contributed by atoms with Gasteiger partial charge < -0.3 is 80.6 Å². The maximum atomic E-state index is 8.34. The van der Waals surface area contributed by atoms with Gasteiger partial charge >= 0.3 is 0 Å². The number of hydrogen-bond acceptors (Lipinski definition) is 16. The molecule has 0 aromatic carbocycles. The molecule has 12 N–H and O–H groups in total.